The lowest BCUT2D eigenvalue weighted by atomic mass is 9.85. The van der Waals surface area contributed by atoms with Crippen molar-refractivity contribution < 1.29 is 9.59 Å². The molecule has 0 aromatic heterocycles. The number of benzene rings is 2. The molecule has 0 bridgehead atoms. The second-order valence-electron chi connectivity index (χ2n) is 10.0. The molecule has 0 saturated heterocycles. The van der Waals surface area contributed by atoms with Crippen LogP contribution >= 0.6 is 0 Å². The predicted octanol–water partition coefficient (Wildman–Crippen LogP) is 5.03. The van der Waals surface area contributed by atoms with Crippen molar-refractivity contribution in [1.29, 1.82) is 0 Å². The Labute approximate surface area is 193 Å². The van der Waals surface area contributed by atoms with Gasteiger partial charge >= 0.3 is 0 Å². The molecule has 32 heavy (non-hydrogen) atoms. The zero-order chi connectivity index (χ0) is 24.1. The fourth-order valence-corrected chi connectivity index (χ4v) is 3.72. The van der Waals surface area contributed by atoms with E-state index in [1.165, 1.54) is 5.56 Å². The maximum Gasteiger partial charge on any atom is 0.243 e. The van der Waals surface area contributed by atoms with Gasteiger partial charge in [-0.1, -0.05) is 77.1 Å². The normalized spacial score (nSPS) is 13.5. The second-order valence-corrected chi connectivity index (χ2v) is 10.0. The highest BCUT2D eigenvalue weighted by Gasteiger charge is 2.23. The van der Waals surface area contributed by atoms with Crippen LogP contribution in [0, 0.1) is 19.8 Å². The molecule has 5 nitrogen and oxygen atoms in total. The number of hydrogen-bond acceptors (Lipinski definition) is 3. The monoisotopic (exact) mass is 437 g/mol. The van der Waals surface area contributed by atoms with E-state index in [1.807, 2.05) is 39.0 Å². The molecule has 2 aromatic carbocycles. The molecule has 3 N–H and O–H groups in total. The average molecular weight is 438 g/mol. The van der Waals surface area contributed by atoms with Crippen LogP contribution in [0.15, 0.2) is 42.5 Å². The SMILES string of the molecule is Cc1cccc(C)c1NC(=O)CNC(=O)[C@H](C)N[C@@H](c1ccc(C(C)(C)C)cc1)C(C)C. The van der Waals surface area contributed by atoms with Crippen molar-refractivity contribution in [3.05, 3.63) is 64.7 Å². The smallest absolute Gasteiger partial charge is 0.243 e. The van der Waals surface area contributed by atoms with Crippen LogP contribution in [0.3, 0.4) is 0 Å². The van der Waals surface area contributed by atoms with Crippen LogP contribution in [0.1, 0.15) is 69.8 Å². The zero-order valence-corrected chi connectivity index (χ0v) is 20.8. The number of aryl methyl sites for hydroxylation is 2. The van der Waals surface area contributed by atoms with Gasteiger partial charge in [-0.3, -0.25) is 14.9 Å². The molecule has 0 radical (unpaired) electrons. The summed E-state index contributed by atoms with van der Waals surface area (Å²) in [5, 5.41) is 9.09. The van der Waals surface area contributed by atoms with Gasteiger partial charge in [0, 0.05) is 11.7 Å². The van der Waals surface area contributed by atoms with Crippen LogP contribution < -0.4 is 16.0 Å². The molecule has 2 atom stereocenters. The number of amides is 2. The molecule has 2 aromatic rings. The highest BCUT2D eigenvalue weighted by molar-refractivity contribution is 5.96. The standard InChI is InChI=1S/C27H39N3O2/c1-17(2)24(21-12-14-22(15-13-21)27(6,7)8)29-20(5)26(32)28-16-23(31)30-25-18(3)10-9-11-19(25)4/h9-15,17,20,24,29H,16H2,1-8H3,(H,28,32)(H,30,31)/t20-,24+/m0/s1. The van der Waals surface area contributed by atoms with E-state index in [-0.39, 0.29) is 29.8 Å². The first kappa shape index (κ1) is 25.6. The lowest BCUT2D eigenvalue weighted by Gasteiger charge is -2.27. The van der Waals surface area contributed by atoms with Crippen molar-refractivity contribution in [3.8, 4) is 0 Å². The Hall–Kier alpha value is -2.66. The van der Waals surface area contributed by atoms with Gasteiger partial charge in [0.15, 0.2) is 0 Å². The summed E-state index contributed by atoms with van der Waals surface area (Å²) in [6, 6.07) is 14.1. The van der Waals surface area contributed by atoms with E-state index in [0.29, 0.717) is 5.92 Å². The lowest BCUT2D eigenvalue weighted by molar-refractivity contribution is -0.125. The number of nitrogens with one attached hydrogen (secondary N) is 3. The maximum absolute atomic E-state index is 12.7. The summed E-state index contributed by atoms with van der Waals surface area (Å²) >= 11 is 0. The van der Waals surface area contributed by atoms with Crippen molar-refractivity contribution in [2.75, 3.05) is 11.9 Å². The van der Waals surface area contributed by atoms with Crippen molar-refractivity contribution in [2.45, 2.75) is 72.9 Å². The van der Waals surface area contributed by atoms with E-state index >= 15 is 0 Å². The number of hydrogen-bond donors (Lipinski definition) is 3. The van der Waals surface area contributed by atoms with Crippen LogP contribution in [-0.2, 0) is 15.0 Å². The summed E-state index contributed by atoms with van der Waals surface area (Å²) < 4.78 is 0. The number of carbonyl (C=O) groups excluding carboxylic acids is 2. The minimum absolute atomic E-state index is 0.0354. The van der Waals surface area contributed by atoms with Gasteiger partial charge < -0.3 is 10.6 Å². The van der Waals surface area contributed by atoms with Gasteiger partial charge in [-0.2, -0.15) is 0 Å². The average Bonchev–Trinajstić information content (AvgIpc) is 2.72. The Morgan fingerprint density at radius 3 is 1.97 bits per heavy atom. The van der Waals surface area contributed by atoms with Gasteiger partial charge in [-0.05, 0) is 54.4 Å². The number of rotatable bonds is 8. The van der Waals surface area contributed by atoms with Crippen molar-refractivity contribution >= 4 is 17.5 Å². The van der Waals surface area contributed by atoms with E-state index in [1.54, 1.807) is 0 Å². The summed E-state index contributed by atoms with van der Waals surface area (Å²) in [7, 11) is 0. The van der Waals surface area contributed by atoms with E-state index in [0.717, 1.165) is 22.4 Å². The third-order valence-corrected chi connectivity index (χ3v) is 5.79. The molecule has 0 spiro atoms. The molecule has 0 saturated carbocycles. The number of para-hydroxylation sites is 1. The molecular weight excluding hydrogens is 398 g/mol. The summed E-state index contributed by atoms with van der Waals surface area (Å²) in [6.45, 7) is 16.5. The second kappa shape index (κ2) is 10.8. The van der Waals surface area contributed by atoms with Gasteiger partial charge in [0.25, 0.3) is 0 Å². The molecule has 0 aliphatic carbocycles. The highest BCUT2D eigenvalue weighted by Crippen LogP contribution is 2.27. The fourth-order valence-electron chi connectivity index (χ4n) is 3.72. The zero-order valence-electron chi connectivity index (χ0n) is 20.8. The molecular formula is C27H39N3O2. The first-order valence-corrected chi connectivity index (χ1v) is 11.4. The fraction of sp³-hybridized carbons (Fsp3) is 0.481. The molecule has 0 unspecified atom stereocenters. The van der Waals surface area contributed by atoms with Gasteiger partial charge in [-0.15, -0.1) is 0 Å². The first-order chi connectivity index (χ1) is 14.9. The summed E-state index contributed by atoms with van der Waals surface area (Å²) in [6.07, 6.45) is 0. The summed E-state index contributed by atoms with van der Waals surface area (Å²) in [4.78, 5) is 25.0. The van der Waals surface area contributed by atoms with Gasteiger partial charge in [0.1, 0.15) is 0 Å². The van der Waals surface area contributed by atoms with E-state index in [9.17, 15) is 9.59 Å². The minimum atomic E-state index is -0.433. The van der Waals surface area contributed by atoms with E-state index < -0.39 is 6.04 Å². The Kier molecular flexibility index (Phi) is 8.62. The third-order valence-electron chi connectivity index (χ3n) is 5.79. The van der Waals surface area contributed by atoms with Crippen molar-refractivity contribution in [2.24, 2.45) is 5.92 Å². The minimum Gasteiger partial charge on any atom is -0.346 e. The van der Waals surface area contributed by atoms with Crippen LogP contribution in [0.25, 0.3) is 0 Å². The summed E-state index contributed by atoms with van der Waals surface area (Å²) in [5.74, 6) is -0.127. The third kappa shape index (κ3) is 6.92. The van der Waals surface area contributed by atoms with E-state index in [4.69, 9.17) is 0 Å². The van der Waals surface area contributed by atoms with Crippen molar-refractivity contribution in [1.82, 2.24) is 10.6 Å². The Morgan fingerprint density at radius 2 is 1.47 bits per heavy atom. The van der Waals surface area contributed by atoms with Crippen LogP contribution in [-0.4, -0.2) is 24.4 Å². The molecule has 2 amide bonds. The molecule has 0 heterocycles. The Morgan fingerprint density at radius 1 is 0.906 bits per heavy atom. The van der Waals surface area contributed by atoms with Crippen molar-refractivity contribution in [3.63, 3.8) is 0 Å². The molecule has 0 aliphatic heterocycles. The topological polar surface area (TPSA) is 70.2 Å². The molecule has 0 aliphatic rings. The van der Waals surface area contributed by atoms with Crippen LogP contribution in [0.2, 0.25) is 0 Å². The Balaban J connectivity index is 1.96. The predicted molar refractivity (Wildman–Crippen MR) is 133 cm³/mol. The molecule has 0 fully saturated rings. The Bertz CT molecular complexity index is 907. The molecule has 174 valence electrons. The highest BCUT2D eigenvalue weighted by atomic mass is 16.2. The molecule has 2 rings (SSSR count). The van der Waals surface area contributed by atoms with Gasteiger partial charge in [0.05, 0.1) is 12.6 Å². The maximum atomic E-state index is 12.7. The van der Waals surface area contributed by atoms with Gasteiger partial charge in [0.2, 0.25) is 11.8 Å². The van der Waals surface area contributed by atoms with Crippen LogP contribution in [0.4, 0.5) is 5.69 Å². The lowest BCUT2D eigenvalue weighted by Crippen LogP contribution is -2.46. The first-order valence-electron chi connectivity index (χ1n) is 11.4. The number of anilines is 1. The van der Waals surface area contributed by atoms with Gasteiger partial charge in [-0.25, -0.2) is 0 Å². The van der Waals surface area contributed by atoms with Crippen LogP contribution in [0.5, 0.6) is 0 Å². The molecule has 5 heteroatoms. The van der Waals surface area contributed by atoms with E-state index in [2.05, 4.69) is 74.8 Å². The quantitative estimate of drug-likeness (QED) is 0.542. The summed E-state index contributed by atoms with van der Waals surface area (Å²) in [5.41, 5.74) is 5.33. The number of carbonyl (C=O) groups is 2. The largest absolute Gasteiger partial charge is 0.346 e.